The molecule has 0 spiro atoms. The molecule has 0 saturated carbocycles. The molecule has 0 radical (unpaired) electrons. The highest BCUT2D eigenvalue weighted by Gasteiger charge is 2.39. The standard InChI is InChI=1S/C9H16N4O2S/c10-13-12-5-2-4-11-9(8(14)15)3-1-6-16-7-9/h11H,1-7H2,(H,14,15). The zero-order chi connectivity index (χ0) is 11.9. The van der Waals surface area contributed by atoms with Gasteiger partial charge in [0, 0.05) is 17.2 Å². The van der Waals surface area contributed by atoms with E-state index in [2.05, 4.69) is 15.3 Å². The Morgan fingerprint density at radius 3 is 3.06 bits per heavy atom. The van der Waals surface area contributed by atoms with E-state index in [1.807, 2.05) is 0 Å². The summed E-state index contributed by atoms with van der Waals surface area (Å²) in [5.74, 6) is 0.878. The van der Waals surface area contributed by atoms with Crippen molar-refractivity contribution in [2.45, 2.75) is 24.8 Å². The number of hydrogen-bond acceptors (Lipinski definition) is 4. The minimum Gasteiger partial charge on any atom is -0.480 e. The summed E-state index contributed by atoms with van der Waals surface area (Å²) in [7, 11) is 0. The third-order valence-corrected chi connectivity index (χ3v) is 3.89. The van der Waals surface area contributed by atoms with Gasteiger partial charge in [-0.1, -0.05) is 5.11 Å². The van der Waals surface area contributed by atoms with Gasteiger partial charge in [-0.25, -0.2) is 0 Å². The van der Waals surface area contributed by atoms with Crippen LogP contribution in [0.5, 0.6) is 0 Å². The summed E-state index contributed by atoms with van der Waals surface area (Å²) < 4.78 is 0. The summed E-state index contributed by atoms with van der Waals surface area (Å²) in [4.78, 5) is 13.9. The molecule has 1 fully saturated rings. The number of carboxylic acids is 1. The fraction of sp³-hybridized carbons (Fsp3) is 0.889. The van der Waals surface area contributed by atoms with E-state index in [-0.39, 0.29) is 0 Å². The van der Waals surface area contributed by atoms with Gasteiger partial charge >= 0.3 is 5.97 Å². The number of azide groups is 1. The highest BCUT2D eigenvalue weighted by molar-refractivity contribution is 7.99. The summed E-state index contributed by atoms with van der Waals surface area (Å²) in [6.45, 7) is 0.984. The number of carbonyl (C=O) groups is 1. The second kappa shape index (κ2) is 6.62. The molecule has 2 N–H and O–H groups in total. The molecular formula is C9H16N4O2S. The fourth-order valence-corrected chi connectivity index (χ4v) is 2.91. The number of hydrogen-bond donors (Lipinski definition) is 2. The Labute approximate surface area is 98.4 Å². The van der Waals surface area contributed by atoms with Crippen molar-refractivity contribution < 1.29 is 9.90 Å². The van der Waals surface area contributed by atoms with Crippen LogP contribution in [0.15, 0.2) is 5.11 Å². The van der Waals surface area contributed by atoms with Crippen molar-refractivity contribution in [2.24, 2.45) is 5.11 Å². The largest absolute Gasteiger partial charge is 0.480 e. The van der Waals surface area contributed by atoms with Crippen molar-refractivity contribution in [1.82, 2.24) is 5.32 Å². The number of carboxylic acid groups (broad SMARTS) is 1. The van der Waals surface area contributed by atoms with Gasteiger partial charge in [-0.15, -0.1) is 0 Å². The van der Waals surface area contributed by atoms with Gasteiger partial charge in [-0.2, -0.15) is 11.8 Å². The highest BCUT2D eigenvalue weighted by atomic mass is 32.2. The topological polar surface area (TPSA) is 98.1 Å². The van der Waals surface area contributed by atoms with Gasteiger partial charge in [0.2, 0.25) is 0 Å². The molecule has 90 valence electrons. The van der Waals surface area contributed by atoms with Gasteiger partial charge in [0.05, 0.1) is 0 Å². The minimum absolute atomic E-state index is 0.409. The lowest BCUT2D eigenvalue weighted by atomic mass is 9.95. The summed E-state index contributed by atoms with van der Waals surface area (Å²) in [6.07, 6.45) is 2.28. The molecule has 1 aliphatic rings. The lowest BCUT2D eigenvalue weighted by Crippen LogP contribution is -2.56. The average molecular weight is 244 g/mol. The van der Waals surface area contributed by atoms with E-state index in [0.717, 1.165) is 12.2 Å². The Hall–Kier alpha value is -0.910. The van der Waals surface area contributed by atoms with Gasteiger partial charge in [-0.3, -0.25) is 4.79 Å². The Balaban J connectivity index is 2.38. The van der Waals surface area contributed by atoms with E-state index in [1.165, 1.54) is 0 Å². The summed E-state index contributed by atoms with van der Waals surface area (Å²) in [5, 5.41) is 15.7. The van der Waals surface area contributed by atoms with E-state index in [9.17, 15) is 9.90 Å². The van der Waals surface area contributed by atoms with Gasteiger partial charge in [0.25, 0.3) is 0 Å². The first kappa shape index (κ1) is 13.2. The van der Waals surface area contributed by atoms with Crippen molar-refractivity contribution >= 4 is 17.7 Å². The van der Waals surface area contributed by atoms with E-state index in [4.69, 9.17) is 5.53 Å². The molecule has 1 heterocycles. The van der Waals surface area contributed by atoms with E-state index in [0.29, 0.717) is 31.7 Å². The van der Waals surface area contributed by atoms with Gasteiger partial charge < -0.3 is 10.4 Å². The molecule has 0 aromatic rings. The first-order chi connectivity index (χ1) is 7.71. The van der Waals surface area contributed by atoms with Crippen molar-refractivity contribution in [2.75, 3.05) is 24.6 Å². The third-order valence-electron chi connectivity index (χ3n) is 2.61. The van der Waals surface area contributed by atoms with Crippen LogP contribution in [0.25, 0.3) is 10.4 Å². The van der Waals surface area contributed by atoms with Crippen LogP contribution in [0.1, 0.15) is 19.3 Å². The first-order valence-electron chi connectivity index (χ1n) is 5.28. The number of nitrogens with zero attached hydrogens (tertiary/aromatic N) is 3. The van der Waals surface area contributed by atoms with Crippen LogP contribution in [-0.2, 0) is 4.79 Å². The first-order valence-corrected chi connectivity index (χ1v) is 6.44. The van der Waals surface area contributed by atoms with Crippen LogP contribution in [-0.4, -0.2) is 41.2 Å². The molecule has 0 amide bonds. The SMILES string of the molecule is [N-]=[N+]=NCCCNC1(C(=O)O)CCCSC1. The van der Waals surface area contributed by atoms with Crippen molar-refractivity contribution in [3.63, 3.8) is 0 Å². The lowest BCUT2D eigenvalue weighted by molar-refractivity contribution is -0.144. The molecule has 1 aliphatic heterocycles. The van der Waals surface area contributed by atoms with Crippen molar-refractivity contribution in [1.29, 1.82) is 0 Å². The second-order valence-electron chi connectivity index (χ2n) is 3.78. The molecule has 0 aromatic heterocycles. The van der Waals surface area contributed by atoms with E-state index in [1.54, 1.807) is 11.8 Å². The second-order valence-corrected chi connectivity index (χ2v) is 4.88. The normalized spacial score (nSPS) is 24.8. The van der Waals surface area contributed by atoms with Crippen LogP contribution in [0.3, 0.4) is 0 Å². The molecule has 0 aliphatic carbocycles. The van der Waals surface area contributed by atoms with Gasteiger partial charge in [-0.05, 0) is 37.1 Å². The number of thioether (sulfide) groups is 1. The highest BCUT2D eigenvalue weighted by Crippen LogP contribution is 2.27. The number of nitrogens with one attached hydrogen (secondary N) is 1. The van der Waals surface area contributed by atoms with Crippen molar-refractivity contribution in [3.8, 4) is 0 Å². The molecule has 1 rings (SSSR count). The fourth-order valence-electron chi connectivity index (χ4n) is 1.70. The smallest absolute Gasteiger partial charge is 0.324 e. The predicted molar refractivity (Wildman–Crippen MR) is 63.6 cm³/mol. The summed E-state index contributed by atoms with van der Waals surface area (Å²) >= 11 is 1.67. The van der Waals surface area contributed by atoms with Gasteiger partial charge in [0.1, 0.15) is 5.54 Å². The Kier molecular flexibility index (Phi) is 5.45. The maximum absolute atomic E-state index is 11.2. The summed E-state index contributed by atoms with van der Waals surface area (Å²) in [5.41, 5.74) is 7.32. The quantitative estimate of drug-likeness (QED) is 0.321. The summed E-state index contributed by atoms with van der Waals surface area (Å²) in [6, 6.07) is 0. The zero-order valence-corrected chi connectivity index (χ0v) is 9.87. The zero-order valence-electron chi connectivity index (χ0n) is 9.06. The molecule has 16 heavy (non-hydrogen) atoms. The molecule has 0 aromatic carbocycles. The molecule has 1 saturated heterocycles. The Bertz CT molecular complexity index is 285. The van der Waals surface area contributed by atoms with E-state index >= 15 is 0 Å². The predicted octanol–water partition coefficient (Wildman–Crippen LogP) is 1.63. The minimum atomic E-state index is -0.778. The van der Waals surface area contributed by atoms with Crippen LogP contribution in [0, 0.1) is 0 Å². The van der Waals surface area contributed by atoms with Crippen LogP contribution < -0.4 is 5.32 Å². The molecule has 6 nitrogen and oxygen atoms in total. The molecule has 1 atom stereocenters. The third kappa shape index (κ3) is 3.59. The number of aliphatic carboxylic acids is 1. The maximum atomic E-state index is 11.2. The molecular weight excluding hydrogens is 228 g/mol. The average Bonchev–Trinajstić information content (AvgIpc) is 2.30. The monoisotopic (exact) mass is 244 g/mol. The molecule has 0 bridgehead atoms. The van der Waals surface area contributed by atoms with Crippen LogP contribution in [0.2, 0.25) is 0 Å². The lowest BCUT2D eigenvalue weighted by Gasteiger charge is -2.33. The van der Waals surface area contributed by atoms with Gasteiger partial charge in [0.15, 0.2) is 0 Å². The van der Waals surface area contributed by atoms with Crippen molar-refractivity contribution in [3.05, 3.63) is 10.4 Å². The Morgan fingerprint density at radius 2 is 2.50 bits per heavy atom. The number of rotatable bonds is 6. The van der Waals surface area contributed by atoms with E-state index < -0.39 is 11.5 Å². The maximum Gasteiger partial charge on any atom is 0.324 e. The molecule has 7 heteroatoms. The molecule has 1 unspecified atom stereocenters. The van der Waals surface area contributed by atoms with Crippen LogP contribution >= 0.6 is 11.8 Å². The Morgan fingerprint density at radius 1 is 1.69 bits per heavy atom. The van der Waals surface area contributed by atoms with Crippen LogP contribution in [0.4, 0.5) is 0 Å².